The fourth-order valence-corrected chi connectivity index (χ4v) is 4.62. The third kappa shape index (κ3) is 5.86. The number of rotatable bonds is 9. The summed E-state index contributed by atoms with van der Waals surface area (Å²) in [6.07, 6.45) is 4.38. The molecule has 0 unspecified atom stereocenters. The minimum absolute atomic E-state index is 0.00747. The van der Waals surface area contributed by atoms with Crippen LogP contribution in [0.25, 0.3) is 11.3 Å². The summed E-state index contributed by atoms with van der Waals surface area (Å²) in [5.74, 6) is 0.203. The summed E-state index contributed by atoms with van der Waals surface area (Å²) >= 11 is 5.95. The lowest BCUT2D eigenvalue weighted by molar-refractivity contribution is 0.0915. The number of methoxy groups -OCH3 is 1. The molecule has 0 bridgehead atoms. The van der Waals surface area contributed by atoms with Crippen molar-refractivity contribution in [1.82, 2.24) is 25.0 Å². The number of hydrogen-bond acceptors (Lipinski definition) is 7. The van der Waals surface area contributed by atoms with Gasteiger partial charge in [-0.15, -0.1) is 0 Å². The number of piperidine rings is 1. The van der Waals surface area contributed by atoms with E-state index in [0.717, 1.165) is 5.56 Å². The highest BCUT2D eigenvalue weighted by Crippen LogP contribution is 2.33. The average molecular weight is 526 g/mol. The van der Waals surface area contributed by atoms with E-state index in [9.17, 15) is 9.59 Å². The number of halogens is 1. The lowest BCUT2D eigenvalue weighted by atomic mass is 10.0. The van der Waals surface area contributed by atoms with Crippen LogP contribution in [0, 0.1) is 0 Å². The molecule has 2 aliphatic rings. The van der Waals surface area contributed by atoms with Gasteiger partial charge in [0, 0.05) is 56.5 Å². The van der Waals surface area contributed by atoms with Gasteiger partial charge in [0.2, 0.25) is 0 Å². The van der Waals surface area contributed by atoms with Crippen molar-refractivity contribution in [1.29, 1.82) is 0 Å². The lowest BCUT2D eigenvalue weighted by Crippen LogP contribution is -2.44. The number of fused-ring (bicyclic) bond motifs is 1. The highest BCUT2D eigenvalue weighted by atomic mass is 35.5. The van der Waals surface area contributed by atoms with Crippen molar-refractivity contribution < 1.29 is 23.8 Å². The van der Waals surface area contributed by atoms with Crippen molar-refractivity contribution in [2.45, 2.75) is 38.1 Å². The molecular weight excluding hydrogens is 498 g/mol. The fraction of sp³-hybridized carbons (Fsp3) is 0.385. The maximum absolute atomic E-state index is 12.9. The van der Waals surface area contributed by atoms with Crippen LogP contribution in [0.4, 0.5) is 4.79 Å². The Kier molecular flexibility index (Phi) is 7.57. The second-order valence-electron chi connectivity index (χ2n) is 9.02. The van der Waals surface area contributed by atoms with E-state index >= 15 is 0 Å². The molecule has 2 fully saturated rings. The smallest absolute Gasteiger partial charge is 0.410 e. The largest absolute Gasteiger partial charge is 0.489 e. The zero-order valence-corrected chi connectivity index (χ0v) is 21.2. The molecule has 11 heteroatoms. The third-order valence-corrected chi connectivity index (χ3v) is 6.75. The summed E-state index contributed by atoms with van der Waals surface area (Å²) in [5.41, 5.74) is 2.53. The molecule has 0 aliphatic carbocycles. The van der Waals surface area contributed by atoms with E-state index in [1.54, 1.807) is 41.1 Å². The van der Waals surface area contributed by atoms with E-state index < -0.39 is 0 Å². The van der Waals surface area contributed by atoms with Gasteiger partial charge < -0.3 is 24.4 Å². The molecule has 2 atom stereocenters. The molecule has 10 nitrogen and oxygen atoms in total. The number of nitrogens with zero attached hydrogens (tertiary/aromatic N) is 4. The molecule has 4 heterocycles. The SMILES string of the molecule is COCCn1ccc(-c2cnc(C(=O)NCc3ccc(Cl)cc3)cc2O[C@H]2CCN3C(=O)OC[C@@H]3C2)n1. The van der Waals surface area contributed by atoms with Crippen LogP contribution in [0.1, 0.15) is 28.9 Å². The van der Waals surface area contributed by atoms with Gasteiger partial charge in [-0.05, 0) is 23.8 Å². The topological polar surface area (TPSA) is 108 Å². The predicted molar refractivity (Wildman–Crippen MR) is 135 cm³/mol. The van der Waals surface area contributed by atoms with E-state index in [0.29, 0.717) is 67.7 Å². The number of carbonyl (C=O) groups is 2. The second kappa shape index (κ2) is 11.2. The normalized spacial score (nSPS) is 18.9. The Morgan fingerprint density at radius 1 is 1.27 bits per heavy atom. The Morgan fingerprint density at radius 3 is 2.92 bits per heavy atom. The highest BCUT2D eigenvalue weighted by Gasteiger charge is 2.39. The fourth-order valence-electron chi connectivity index (χ4n) is 4.49. The lowest BCUT2D eigenvalue weighted by Gasteiger charge is -2.32. The van der Waals surface area contributed by atoms with Gasteiger partial charge in [0.15, 0.2) is 0 Å². The molecule has 0 radical (unpaired) electrons. The number of cyclic esters (lactones) is 1. The van der Waals surface area contributed by atoms with Gasteiger partial charge in [-0.2, -0.15) is 5.10 Å². The van der Waals surface area contributed by atoms with Crippen LogP contribution in [0.15, 0.2) is 48.8 Å². The first-order valence-corrected chi connectivity index (χ1v) is 12.5. The van der Waals surface area contributed by atoms with E-state index in [1.807, 2.05) is 24.4 Å². The van der Waals surface area contributed by atoms with Crippen LogP contribution in [0.5, 0.6) is 5.75 Å². The Balaban J connectivity index is 1.36. The van der Waals surface area contributed by atoms with Crippen molar-refractivity contribution >= 4 is 23.6 Å². The average Bonchev–Trinajstić information content (AvgIpc) is 3.53. The van der Waals surface area contributed by atoms with E-state index in [2.05, 4.69) is 15.4 Å². The molecule has 5 rings (SSSR count). The first-order valence-electron chi connectivity index (χ1n) is 12.2. The summed E-state index contributed by atoms with van der Waals surface area (Å²) in [7, 11) is 1.64. The minimum Gasteiger partial charge on any atom is -0.489 e. The van der Waals surface area contributed by atoms with E-state index in [4.69, 9.17) is 25.8 Å². The summed E-state index contributed by atoms with van der Waals surface area (Å²) < 4.78 is 18.6. The molecule has 3 aromatic rings. The highest BCUT2D eigenvalue weighted by molar-refractivity contribution is 6.30. The number of aromatic nitrogens is 3. The molecule has 1 N–H and O–H groups in total. The third-order valence-electron chi connectivity index (χ3n) is 6.50. The number of benzene rings is 1. The van der Waals surface area contributed by atoms with Gasteiger partial charge in [-0.25, -0.2) is 4.79 Å². The zero-order valence-electron chi connectivity index (χ0n) is 20.4. The van der Waals surface area contributed by atoms with Crippen molar-refractivity contribution in [2.24, 2.45) is 0 Å². The Morgan fingerprint density at radius 2 is 2.11 bits per heavy atom. The maximum atomic E-state index is 12.9. The molecule has 2 aliphatic heterocycles. The van der Waals surface area contributed by atoms with E-state index in [1.165, 1.54) is 0 Å². The van der Waals surface area contributed by atoms with Crippen molar-refractivity contribution in [3.63, 3.8) is 0 Å². The zero-order chi connectivity index (χ0) is 25.8. The summed E-state index contributed by atoms with van der Waals surface area (Å²) in [6.45, 7) is 2.42. The summed E-state index contributed by atoms with van der Waals surface area (Å²) in [5, 5.41) is 8.15. The van der Waals surface area contributed by atoms with Crippen LogP contribution in [0.2, 0.25) is 5.02 Å². The number of ether oxygens (including phenoxy) is 3. The summed E-state index contributed by atoms with van der Waals surface area (Å²) in [6, 6.07) is 10.8. The first-order chi connectivity index (χ1) is 18.0. The molecule has 2 saturated heterocycles. The Hall–Kier alpha value is -3.63. The van der Waals surface area contributed by atoms with Gasteiger partial charge in [0.25, 0.3) is 5.91 Å². The standard InChI is InChI=1S/C26H28ClN5O5/c1-35-11-10-31-8-7-22(30-31)21-15-28-23(25(33)29-14-17-2-4-18(27)5-3-17)13-24(21)37-20-6-9-32-19(12-20)16-36-26(32)34/h2-5,7-8,13,15,19-20H,6,9-12,14,16H2,1H3,(H,29,33)/t19-,20-/m0/s1. The number of amides is 2. The van der Waals surface area contributed by atoms with Crippen molar-refractivity contribution in [3.8, 4) is 17.0 Å². The molecule has 0 saturated carbocycles. The summed E-state index contributed by atoms with van der Waals surface area (Å²) in [4.78, 5) is 31.0. The molecule has 2 amide bonds. The van der Waals surface area contributed by atoms with Gasteiger partial charge in [-0.1, -0.05) is 23.7 Å². The predicted octanol–water partition coefficient (Wildman–Crippen LogP) is 3.54. The Bertz CT molecular complexity index is 1260. The molecule has 0 spiro atoms. The van der Waals surface area contributed by atoms with Gasteiger partial charge >= 0.3 is 6.09 Å². The van der Waals surface area contributed by atoms with Crippen LogP contribution in [0.3, 0.4) is 0 Å². The number of hydrogen-bond donors (Lipinski definition) is 1. The number of pyridine rings is 1. The number of carbonyl (C=O) groups excluding carboxylic acids is 2. The van der Waals surface area contributed by atoms with E-state index in [-0.39, 0.29) is 29.8 Å². The maximum Gasteiger partial charge on any atom is 0.410 e. The van der Waals surface area contributed by atoms with Gasteiger partial charge in [0.1, 0.15) is 24.2 Å². The minimum atomic E-state index is -0.318. The van der Waals surface area contributed by atoms with Crippen molar-refractivity contribution in [3.05, 3.63) is 65.1 Å². The van der Waals surface area contributed by atoms with Crippen LogP contribution in [-0.4, -0.2) is 70.7 Å². The van der Waals surface area contributed by atoms with Crippen LogP contribution < -0.4 is 10.1 Å². The molecular formula is C26H28ClN5O5. The first kappa shape index (κ1) is 25.0. The molecule has 37 heavy (non-hydrogen) atoms. The van der Waals surface area contributed by atoms with Gasteiger partial charge in [-0.3, -0.25) is 14.5 Å². The van der Waals surface area contributed by atoms with Gasteiger partial charge in [0.05, 0.1) is 30.5 Å². The Labute approximate surface area is 219 Å². The van der Waals surface area contributed by atoms with Crippen molar-refractivity contribution in [2.75, 3.05) is 26.9 Å². The van der Waals surface area contributed by atoms with Crippen LogP contribution in [-0.2, 0) is 22.6 Å². The second-order valence-corrected chi connectivity index (χ2v) is 9.46. The molecule has 1 aromatic carbocycles. The van der Waals surface area contributed by atoms with Crippen LogP contribution >= 0.6 is 11.6 Å². The monoisotopic (exact) mass is 525 g/mol. The quantitative estimate of drug-likeness (QED) is 0.455. The molecule has 194 valence electrons. The molecule has 2 aromatic heterocycles. The number of nitrogens with one attached hydrogen (secondary N) is 1.